The third-order valence-corrected chi connectivity index (χ3v) is 3.15. The first-order valence-corrected chi connectivity index (χ1v) is 6.33. The summed E-state index contributed by atoms with van der Waals surface area (Å²) in [7, 11) is 1.62. The number of hydrogen-bond acceptors (Lipinski definition) is 4. The van der Waals surface area contributed by atoms with Gasteiger partial charge in [0.15, 0.2) is 11.5 Å². The van der Waals surface area contributed by atoms with E-state index < -0.39 is 0 Å². The van der Waals surface area contributed by atoms with E-state index in [4.69, 9.17) is 18.9 Å². The van der Waals surface area contributed by atoms with Gasteiger partial charge in [-0.2, -0.15) is 0 Å². The Bertz CT molecular complexity index is 519. The van der Waals surface area contributed by atoms with Gasteiger partial charge >= 0.3 is 0 Å². The van der Waals surface area contributed by atoms with Gasteiger partial charge < -0.3 is 18.9 Å². The minimum Gasteiger partial charge on any atom is -0.494 e. The van der Waals surface area contributed by atoms with Gasteiger partial charge in [-0.05, 0) is 42.7 Å². The molecule has 0 radical (unpaired) electrons. The Morgan fingerprint density at radius 2 is 2.26 bits per heavy atom. The van der Waals surface area contributed by atoms with Gasteiger partial charge in [0, 0.05) is 0 Å². The summed E-state index contributed by atoms with van der Waals surface area (Å²) < 4.78 is 21.6. The summed E-state index contributed by atoms with van der Waals surface area (Å²) in [5.41, 5.74) is 1.01. The van der Waals surface area contributed by atoms with Crippen LogP contribution in [-0.4, -0.2) is 20.0 Å². The maximum absolute atomic E-state index is 5.49. The van der Waals surface area contributed by atoms with Crippen molar-refractivity contribution in [2.45, 2.75) is 18.9 Å². The number of hydrogen-bond donors (Lipinski definition) is 0. The first-order valence-electron chi connectivity index (χ1n) is 6.33. The lowest BCUT2D eigenvalue weighted by Gasteiger charge is -2.15. The molecule has 0 aromatic heterocycles. The summed E-state index contributed by atoms with van der Waals surface area (Å²) >= 11 is 0. The van der Waals surface area contributed by atoms with E-state index in [2.05, 4.69) is 6.08 Å². The Kier molecular flexibility index (Phi) is 3.31. The molecule has 2 aliphatic rings. The SMILES string of the molecule is COc1cc(/C=C/C2CCC=CO2)cc2c1OCO2. The van der Waals surface area contributed by atoms with Gasteiger partial charge in [-0.25, -0.2) is 0 Å². The van der Waals surface area contributed by atoms with Crippen molar-refractivity contribution in [3.63, 3.8) is 0 Å². The van der Waals surface area contributed by atoms with Crippen molar-refractivity contribution in [1.82, 2.24) is 0 Å². The molecule has 0 saturated carbocycles. The first-order chi connectivity index (χ1) is 9.36. The monoisotopic (exact) mass is 260 g/mol. The predicted octanol–water partition coefficient (Wildman–Crippen LogP) is 3.13. The summed E-state index contributed by atoms with van der Waals surface area (Å²) in [6.45, 7) is 0.245. The molecule has 4 heteroatoms. The molecule has 1 atom stereocenters. The van der Waals surface area contributed by atoms with Crippen LogP contribution in [0, 0.1) is 0 Å². The predicted molar refractivity (Wildman–Crippen MR) is 71.4 cm³/mol. The summed E-state index contributed by atoms with van der Waals surface area (Å²) in [6, 6.07) is 3.88. The Morgan fingerprint density at radius 1 is 1.32 bits per heavy atom. The van der Waals surface area contributed by atoms with Crippen LogP contribution < -0.4 is 14.2 Å². The molecule has 3 rings (SSSR count). The second kappa shape index (κ2) is 5.26. The molecule has 2 aliphatic heterocycles. The van der Waals surface area contributed by atoms with Crippen LogP contribution in [0.15, 0.2) is 30.5 Å². The minimum absolute atomic E-state index is 0.140. The topological polar surface area (TPSA) is 36.9 Å². The summed E-state index contributed by atoms with van der Waals surface area (Å²) in [4.78, 5) is 0. The fourth-order valence-electron chi connectivity index (χ4n) is 2.16. The third-order valence-electron chi connectivity index (χ3n) is 3.15. The minimum atomic E-state index is 0.140. The molecule has 0 fully saturated rings. The largest absolute Gasteiger partial charge is 0.494 e. The van der Waals surface area contributed by atoms with Crippen LogP contribution >= 0.6 is 0 Å². The van der Waals surface area contributed by atoms with E-state index in [9.17, 15) is 0 Å². The lowest BCUT2D eigenvalue weighted by Crippen LogP contribution is -2.08. The van der Waals surface area contributed by atoms with Gasteiger partial charge in [-0.1, -0.05) is 6.08 Å². The molecule has 1 aromatic carbocycles. The summed E-state index contributed by atoms with van der Waals surface area (Å²) in [6.07, 6.45) is 10.1. The molecule has 0 amide bonds. The average molecular weight is 260 g/mol. The number of methoxy groups -OCH3 is 1. The van der Waals surface area contributed by atoms with Crippen LogP contribution in [-0.2, 0) is 4.74 Å². The number of benzene rings is 1. The second-order valence-corrected chi connectivity index (χ2v) is 4.44. The molecular formula is C15H16O4. The van der Waals surface area contributed by atoms with Crippen LogP contribution in [0.25, 0.3) is 6.08 Å². The highest BCUT2D eigenvalue weighted by Gasteiger charge is 2.19. The van der Waals surface area contributed by atoms with Gasteiger partial charge in [0.05, 0.1) is 13.4 Å². The van der Waals surface area contributed by atoms with E-state index in [0.29, 0.717) is 11.5 Å². The van der Waals surface area contributed by atoms with Crippen LogP contribution in [0.3, 0.4) is 0 Å². The molecule has 19 heavy (non-hydrogen) atoms. The van der Waals surface area contributed by atoms with E-state index in [1.54, 1.807) is 13.4 Å². The highest BCUT2D eigenvalue weighted by Crippen LogP contribution is 2.42. The van der Waals surface area contributed by atoms with Crippen LogP contribution in [0.2, 0.25) is 0 Å². The number of ether oxygens (including phenoxy) is 4. The maximum Gasteiger partial charge on any atom is 0.231 e. The molecule has 0 bridgehead atoms. The molecule has 2 heterocycles. The zero-order chi connectivity index (χ0) is 13.1. The molecule has 4 nitrogen and oxygen atoms in total. The maximum atomic E-state index is 5.49. The van der Waals surface area contributed by atoms with Crippen molar-refractivity contribution in [2.75, 3.05) is 13.9 Å². The molecule has 0 spiro atoms. The van der Waals surface area contributed by atoms with Crippen LogP contribution in [0.1, 0.15) is 18.4 Å². The van der Waals surface area contributed by atoms with Gasteiger partial charge in [0.1, 0.15) is 6.10 Å². The number of allylic oxidation sites excluding steroid dienone is 1. The van der Waals surface area contributed by atoms with Gasteiger partial charge in [0.25, 0.3) is 0 Å². The summed E-state index contributed by atoms with van der Waals surface area (Å²) in [5, 5.41) is 0. The van der Waals surface area contributed by atoms with Gasteiger partial charge in [-0.3, -0.25) is 0 Å². The lowest BCUT2D eigenvalue weighted by molar-refractivity contribution is 0.166. The van der Waals surface area contributed by atoms with Crippen molar-refractivity contribution >= 4 is 6.08 Å². The molecular weight excluding hydrogens is 244 g/mol. The van der Waals surface area contributed by atoms with E-state index >= 15 is 0 Å². The molecule has 1 unspecified atom stereocenters. The quantitative estimate of drug-likeness (QED) is 0.836. The standard InChI is InChI=1S/C15H16O4/c1-16-13-8-11(9-14-15(13)19-10-18-14)5-6-12-4-2-3-7-17-12/h3,5-9,12H,2,4,10H2,1H3/b6-5+. The fourth-order valence-corrected chi connectivity index (χ4v) is 2.16. The molecule has 0 N–H and O–H groups in total. The normalized spacial score (nSPS) is 20.6. The van der Waals surface area contributed by atoms with Crippen molar-refractivity contribution in [2.24, 2.45) is 0 Å². The Balaban J connectivity index is 1.81. The average Bonchev–Trinajstić information content (AvgIpc) is 2.93. The molecule has 0 saturated heterocycles. The lowest BCUT2D eigenvalue weighted by atomic mass is 10.1. The summed E-state index contributed by atoms with van der Waals surface area (Å²) in [5.74, 6) is 2.10. The molecule has 1 aromatic rings. The number of fused-ring (bicyclic) bond motifs is 1. The Labute approximate surface area is 112 Å². The van der Waals surface area contributed by atoms with Crippen molar-refractivity contribution in [3.05, 3.63) is 36.1 Å². The van der Waals surface area contributed by atoms with E-state index in [1.165, 1.54) is 0 Å². The number of rotatable bonds is 3. The second-order valence-electron chi connectivity index (χ2n) is 4.44. The van der Waals surface area contributed by atoms with Crippen LogP contribution in [0.5, 0.6) is 17.2 Å². The van der Waals surface area contributed by atoms with E-state index in [0.717, 1.165) is 24.2 Å². The van der Waals surface area contributed by atoms with Crippen molar-refractivity contribution in [1.29, 1.82) is 0 Å². The molecule has 0 aliphatic carbocycles. The zero-order valence-corrected chi connectivity index (χ0v) is 10.8. The van der Waals surface area contributed by atoms with E-state index in [-0.39, 0.29) is 12.9 Å². The Hall–Kier alpha value is -2.10. The van der Waals surface area contributed by atoms with E-state index in [1.807, 2.05) is 24.3 Å². The highest BCUT2D eigenvalue weighted by molar-refractivity contribution is 5.63. The van der Waals surface area contributed by atoms with Gasteiger partial charge in [0.2, 0.25) is 12.5 Å². The third kappa shape index (κ3) is 2.52. The van der Waals surface area contributed by atoms with Crippen LogP contribution in [0.4, 0.5) is 0 Å². The zero-order valence-electron chi connectivity index (χ0n) is 10.8. The van der Waals surface area contributed by atoms with Gasteiger partial charge in [-0.15, -0.1) is 0 Å². The fraction of sp³-hybridized carbons (Fsp3) is 0.333. The Morgan fingerprint density at radius 3 is 3.05 bits per heavy atom. The smallest absolute Gasteiger partial charge is 0.231 e. The first kappa shape index (κ1) is 12.0. The van der Waals surface area contributed by atoms with Crippen molar-refractivity contribution in [3.8, 4) is 17.2 Å². The van der Waals surface area contributed by atoms with Crippen molar-refractivity contribution < 1.29 is 18.9 Å². The molecule has 100 valence electrons. The highest BCUT2D eigenvalue weighted by atomic mass is 16.7.